The maximum absolute atomic E-state index is 16.8. The summed E-state index contributed by atoms with van der Waals surface area (Å²) in [4.78, 5) is 98.4. The number of benzene rings is 5. The van der Waals surface area contributed by atoms with Crippen LogP contribution in [0.25, 0.3) is 90.4 Å². The first-order valence-electron chi connectivity index (χ1n) is 32.7. The van der Waals surface area contributed by atoms with E-state index in [0.29, 0.717) is 95.6 Å². The Bertz CT molecular complexity index is 5480. The van der Waals surface area contributed by atoms with Gasteiger partial charge in [-0.3, -0.25) is 37.4 Å². The van der Waals surface area contributed by atoms with Crippen LogP contribution in [0.15, 0.2) is 359 Å². The van der Waals surface area contributed by atoms with Crippen LogP contribution in [0.3, 0.4) is 0 Å². The van der Waals surface area contributed by atoms with Gasteiger partial charge in [0.2, 0.25) is 0 Å². The Morgan fingerprint density at radius 1 is 0.212 bits per heavy atom. The van der Waals surface area contributed by atoms with E-state index in [-0.39, 0.29) is 44.9 Å². The molecule has 17 rings (SSSR count). The van der Waals surface area contributed by atoms with Crippen molar-refractivity contribution in [1.82, 2.24) is 18.3 Å². The fraction of sp³-hybridized carbons (Fsp3) is 0.0345. The lowest BCUT2D eigenvalue weighted by atomic mass is 9.75. The van der Waals surface area contributed by atoms with Crippen molar-refractivity contribution in [3.63, 3.8) is 0 Å². The Labute approximate surface area is 566 Å². The minimum Gasteiger partial charge on any atom is -0.422 e. The van der Waals surface area contributed by atoms with Gasteiger partial charge < -0.3 is 8.83 Å². The molecule has 0 saturated carbocycles. The highest BCUT2D eigenvalue weighted by Gasteiger charge is 2.42. The minimum absolute atomic E-state index is 0.0904. The molecule has 12 aliphatic rings. The van der Waals surface area contributed by atoms with Crippen molar-refractivity contribution in [2.24, 2.45) is 0 Å². The molecule has 5 aromatic carbocycles. The summed E-state index contributed by atoms with van der Waals surface area (Å²) in [6.07, 6.45) is 0. The molecule has 0 aromatic heterocycles. The summed E-state index contributed by atoms with van der Waals surface area (Å²) in [6.45, 7) is 0. The summed E-state index contributed by atoms with van der Waals surface area (Å²) in [6, 6.07) is 98.4. The first-order valence-corrected chi connectivity index (χ1v) is 32.7. The van der Waals surface area contributed by atoms with E-state index in [1.165, 1.54) is 0 Å². The molecule has 0 spiro atoms. The molecule has 0 saturated heterocycles. The molecule has 6 aliphatic carbocycles. The zero-order valence-electron chi connectivity index (χ0n) is 52.9. The molecule has 0 amide bonds. The van der Waals surface area contributed by atoms with Crippen LogP contribution in [0, 0.1) is 0 Å². The number of hydrogen-bond acceptors (Lipinski definition) is 8. The normalized spacial score (nSPS) is 11.7. The van der Waals surface area contributed by atoms with Gasteiger partial charge in [0.25, 0.3) is 22.2 Å². The second kappa shape index (κ2) is 24.5. The molecule has 12 nitrogen and oxygen atoms in total. The van der Waals surface area contributed by atoms with Gasteiger partial charge in [0.15, 0.2) is 0 Å². The van der Waals surface area contributed by atoms with Gasteiger partial charge in [0.05, 0.1) is 33.9 Å². The standard InChI is InChI=1S/C87H56N4O8/c92-82-76(61-39-19-5-25-45-67(61)88(82)57-31-11-1-12-32-57)73(77-62-40-20-6-26-46-68(62)89(83(77)93)58-33-13-2-14-34-58)54-51-55(53-56(52-54)75(80-65-43-23-9-29-49-71(65)98-86(80)96)81-66-44-24-10-30-50-72(66)99-87(81)97)74(78-63-41-21-7-27-47-69(63)90(84(78)94)59-35-15-3-16-36-59)79-64-42-22-8-28-48-70(64)91(85(79)95)60-37-17-4-18-38-60/h1-53,73-75H. The second-order valence-corrected chi connectivity index (χ2v) is 24.6. The zero-order chi connectivity index (χ0) is 66.8. The Morgan fingerprint density at radius 3 is 0.667 bits per heavy atom. The van der Waals surface area contributed by atoms with Crippen LogP contribution in [0.5, 0.6) is 0 Å². The highest BCUT2D eigenvalue weighted by atomic mass is 16.4. The van der Waals surface area contributed by atoms with Gasteiger partial charge in [-0.2, -0.15) is 0 Å². The van der Waals surface area contributed by atoms with Crippen molar-refractivity contribution >= 4 is 0 Å². The van der Waals surface area contributed by atoms with E-state index in [1.807, 2.05) is 273 Å². The molecule has 5 aromatic rings. The van der Waals surface area contributed by atoms with Gasteiger partial charge >= 0.3 is 11.3 Å². The third kappa shape index (κ3) is 9.83. The Balaban J connectivity index is 1.10. The van der Waals surface area contributed by atoms with Gasteiger partial charge in [-0.25, -0.2) is 9.59 Å². The molecule has 472 valence electrons. The van der Waals surface area contributed by atoms with Crippen molar-refractivity contribution in [2.75, 3.05) is 0 Å². The predicted octanol–water partition coefficient (Wildman–Crippen LogP) is 16.4. The highest BCUT2D eigenvalue weighted by Crippen LogP contribution is 2.50. The monoisotopic (exact) mass is 1280 g/mol. The SMILES string of the molecule is O=c1oc2cccccc-2c1C(c1cc(C(c2c3cccccc-3n(-c3ccccc3)c2=O)c2c3cccccc-3n(-c3ccccc3)c2=O)cc(C(c2c3cccccc-3n(-c3ccccc3)c2=O)c2c3cccccc-3n(-c3ccccc3)c2=O)c1)c1c2cccccc-2oc1=O. The highest BCUT2D eigenvalue weighted by molar-refractivity contribution is 5.81. The van der Waals surface area contributed by atoms with Gasteiger partial charge in [0.1, 0.15) is 11.5 Å². The molecule has 0 atom stereocenters. The smallest absolute Gasteiger partial charge is 0.341 e. The first-order chi connectivity index (χ1) is 48.7. The van der Waals surface area contributed by atoms with E-state index in [0.717, 1.165) is 0 Å². The quantitative estimate of drug-likeness (QED) is 0.111. The summed E-state index contributed by atoms with van der Waals surface area (Å²) in [5, 5.41) is 0. The second-order valence-electron chi connectivity index (χ2n) is 24.6. The van der Waals surface area contributed by atoms with Crippen LogP contribution < -0.4 is 33.5 Å². The summed E-state index contributed by atoms with van der Waals surface area (Å²) < 4.78 is 19.2. The molecule has 0 fully saturated rings. The maximum Gasteiger partial charge on any atom is 0.341 e. The number of furan rings is 2. The van der Waals surface area contributed by atoms with E-state index in [2.05, 4.69) is 0 Å². The van der Waals surface area contributed by atoms with Crippen LogP contribution in [0.4, 0.5) is 0 Å². The van der Waals surface area contributed by atoms with Crippen LogP contribution >= 0.6 is 0 Å². The summed E-state index contributed by atoms with van der Waals surface area (Å²) >= 11 is 0. The van der Waals surface area contributed by atoms with Crippen LogP contribution in [-0.2, 0) is 0 Å². The molecule has 0 N–H and O–H groups in total. The molecule has 6 heterocycles. The first kappa shape index (κ1) is 59.4. The third-order valence-electron chi connectivity index (χ3n) is 19.1. The molecule has 0 radical (unpaired) electrons. The largest absolute Gasteiger partial charge is 0.422 e. The predicted molar refractivity (Wildman–Crippen MR) is 387 cm³/mol. The number of rotatable bonds is 13. The van der Waals surface area contributed by atoms with Gasteiger partial charge in [-0.05, 0) is 102 Å². The van der Waals surface area contributed by atoms with E-state index >= 15 is 28.8 Å². The fourth-order valence-electron chi connectivity index (χ4n) is 15.1. The lowest BCUT2D eigenvalue weighted by Gasteiger charge is -2.25. The molecule has 12 heteroatoms. The van der Waals surface area contributed by atoms with Crippen LogP contribution in [0.1, 0.15) is 67.8 Å². The molecule has 6 aliphatic heterocycles. The minimum atomic E-state index is -1.37. The zero-order valence-corrected chi connectivity index (χ0v) is 52.9. The van der Waals surface area contributed by atoms with Crippen LogP contribution in [-0.4, -0.2) is 18.3 Å². The third-order valence-corrected chi connectivity index (χ3v) is 19.1. The van der Waals surface area contributed by atoms with Crippen molar-refractivity contribution in [3.8, 4) is 90.4 Å². The number of para-hydroxylation sites is 4. The molecular weight excluding hydrogens is 1230 g/mol. The lowest BCUT2D eigenvalue weighted by molar-refractivity contribution is 0.533. The van der Waals surface area contributed by atoms with E-state index < -0.39 is 51.2 Å². The number of hydrogen-bond donors (Lipinski definition) is 0. The summed E-state index contributed by atoms with van der Waals surface area (Å²) in [5.74, 6) is -3.55. The fourth-order valence-corrected chi connectivity index (χ4v) is 15.1. The van der Waals surface area contributed by atoms with Gasteiger partial charge in [-0.1, -0.05) is 237 Å². The average molecular weight is 1290 g/mol. The Kier molecular flexibility index (Phi) is 14.7. The molecular formula is C87H56N4O8. The number of fused-ring (bicyclic) bond motifs is 6. The molecule has 0 unspecified atom stereocenters. The van der Waals surface area contributed by atoms with Crippen molar-refractivity contribution < 1.29 is 8.83 Å². The maximum atomic E-state index is 16.8. The molecule has 99 heavy (non-hydrogen) atoms. The van der Waals surface area contributed by atoms with Gasteiger partial charge in [-0.15, -0.1) is 0 Å². The topological polar surface area (TPSA) is 148 Å². The summed E-state index contributed by atoms with van der Waals surface area (Å²) in [5.41, 5.74) is 6.19. The van der Waals surface area contributed by atoms with E-state index in [9.17, 15) is 0 Å². The van der Waals surface area contributed by atoms with Gasteiger partial charge in [0, 0.05) is 96.1 Å². The van der Waals surface area contributed by atoms with Crippen molar-refractivity contribution in [1.29, 1.82) is 0 Å². The Hall–Kier alpha value is -13.3. The average Bonchev–Trinajstić information content (AvgIpc) is 1.58. The van der Waals surface area contributed by atoms with Crippen molar-refractivity contribution in [3.05, 3.63) is 434 Å². The van der Waals surface area contributed by atoms with Crippen LogP contribution in [0.2, 0.25) is 0 Å². The van der Waals surface area contributed by atoms with Crippen molar-refractivity contribution in [2.45, 2.75) is 17.8 Å². The summed E-state index contributed by atoms with van der Waals surface area (Å²) in [7, 11) is 0. The molecule has 0 bridgehead atoms. The van der Waals surface area contributed by atoms with E-state index in [4.69, 9.17) is 8.83 Å². The lowest BCUT2D eigenvalue weighted by Crippen LogP contribution is -2.26. The van der Waals surface area contributed by atoms with E-state index in [1.54, 1.807) is 66.8 Å². The number of nitrogens with zero attached hydrogens (tertiary/aromatic N) is 4. The number of aromatic nitrogens is 4. The Morgan fingerprint density at radius 2 is 0.414 bits per heavy atom.